The first-order valence-corrected chi connectivity index (χ1v) is 11.0. The molecule has 0 unspecified atom stereocenters. The smallest absolute Gasteiger partial charge is 0.267 e. The molecule has 0 spiro atoms. The van der Waals surface area contributed by atoms with Crippen LogP contribution in [0.5, 0.6) is 0 Å². The summed E-state index contributed by atoms with van der Waals surface area (Å²) in [4.78, 5) is 24.8. The highest BCUT2D eigenvalue weighted by Crippen LogP contribution is 2.22. The molecule has 0 saturated carbocycles. The monoisotopic (exact) mass is 415 g/mol. The Morgan fingerprint density at radius 1 is 0.862 bits per heavy atom. The zero-order valence-electron chi connectivity index (χ0n) is 16.6. The van der Waals surface area contributed by atoms with E-state index in [2.05, 4.69) is 10.9 Å². The van der Waals surface area contributed by atoms with E-state index >= 15 is 0 Å². The number of carbonyl (C=O) groups excluding carboxylic acids is 2. The van der Waals surface area contributed by atoms with Crippen LogP contribution in [0.15, 0.2) is 47.4 Å². The molecular formula is C21H25N3O4S. The first-order valence-electron chi connectivity index (χ1n) is 9.57. The van der Waals surface area contributed by atoms with Crippen LogP contribution < -0.4 is 10.9 Å². The maximum atomic E-state index is 12.9. The zero-order chi connectivity index (χ0) is 21.0. The fourth-order valence-electron chi connectivity index (χ4n) is 3.22. The van der Waals surface area contributed by atoms with Gasteiger partial charge in [0.2, 0.25) is 10.0 Å². The Kier molecular flexibility index (Phi) is 6.34. The number of hydrogen-bond donors (Lipinski definition) is 2. The Bertz CT molecular complexity index is 1010. The molecule has 8 heteroatoms. The van der Waals surface area contributed by atoms with Gasteiger partial charge in [0.1, 0.15) is 0 Å². The number of hydrogen-bond acceptors (Lipinski definition) is 4. The molecule has 1 fully saturated rings. The first-order chi connectivity index (χ1) is 13.8. The molecular weight excluding hydrogens is 390 g/mol. The van der Waals surface area contributed by atoms with Crippen LogP contribution in [-0.4, -0.2) is 37.6 Å². The predicted molar refractivity (Wildman–Crippen MR) is 110 cm³/mol. The molecule has 3 rings (SSSR count). The maximum absolute atomic E-state index is 12.9. The quantitative estimate of drug-likeness (QED) is 0.750. The molecule has 154 valence electrons. The first kappa shape index (κ1) is 21.0. The number of carbonyl (C=O) groups is 2. The van der Waals surface area contributed by atoms with E-state index in [0.29, 0.717) is 24.2 Å². The van der Waals surface area contributed by atoms with Gasteiger partial charge in [0, 0.05) is 24.2 Å². The lowest BCUT2D eigenvalue weighted by Gasteiger charge is -2.26. The summed E-state index contributed by atoms with van der Waals surface area (Å²) in [6.07, 6.45) is 2.70. The summed E-state index contributed by atoms with van der Waals surface area (Å²) in [6.45, 7) is 4.61. The number of benzene rings is 2. The molecule has 2 N–H and O–H groups in total. The molecule has 0 aliphatic carbocycles. The van der Waals surface area contributed by atoms with Crippen molar-refractivity contribution in [2.75, 3.05) is 13.1 Å². The van der Waals surface area contributed by atoms with Crippen LogP contribution in [-0.2, 0) is 10.0 Å². The standard InChI is InChI=1S/C21H25N3O4S/c1-15-6-9-17(10-7-15)20(25)22-23-21(26)19-14-18(11-8-16(19)2)29(27,28)24-12-4-3-5-13-24/h6-11,14H,3-5,12-13H2,1-2H3,(H,22,25)(H,23,26). The van der Waals surface area contributed by atoms with Crippen LogP contribution in [0.25, 0.3) is 0 Å². The van der Waals surface area contributed by atoms with Crippen LogP contribution in [0.4, 0.5) is 0 Å². The highest BCUT2D eigenvalue weighted by atomic mass is 32.2. The minimum Gasteiger partial charge on any atom is -0.267 e. The van der Waals surface area contributed by atoms with Crippen LogP contribution in [0, 0.1) is 13.8 Å². The second kappa shape index (κ2) is 8.75. The summed E-state index contributed by atoms with van der Waals surface area (Å²) >= 11 is 0. The van der Waals surface area contributed by atoms with Gasteiger partial charge in [-0.1, -0.05) is 30.2 Å². The van der Waals surface area contributed by atoms with E-state index in [1.165, 1.54) is 16.4 Å². The fraction of sp³-hybridized carbons (Fsp3) is 0.333. The lowest BCUT2D eigenvalue weighted by molar-refractivity contribution is 0.0846. The molecule has 7 nitrogen and oxygen atoms in total. The van der Waals surface area contributed by atoms with Crippen molar-refractivity contribution in [3.05, 3.63) is 64.7 Å². The predicted octanol–water partition coefficient (Wildman–Crippen LogP) is 2.55. The summed E-state index contributed by atoms with van der Waals surface area (Å²) in [6, 6.07) is 11.4. The fourth-order valence-corrected chi connectivity index (χ4v) is 4.76. The lowest BCUT2D eigenvalue weighted by atomic mass is 10.1. The van der Waals surface area contributed by atoms with Crippen LogP contribution in [0.1, 0.15) is 51.1 Å². The van der Waals surface area contributed by atoms with E-state index in [9.17, 15) is 18.0 Å². The maximum Gasteiger partial charge on any atom is 0.270 e. The summed E-state index contributed by atoms with van der Waals surface area (Å²) < 4.78 is 27.2. The Labute approximate surface area is 171 Å². The molecule has 0 atom stereocenters. The van der Waals surface area contributed by atoms with Gasteiger partial charge in [-0.2, -0.15) is 4.31 Å². The van der Waals surface area contributed by atoms with E-state index < -0.39 is 21.8 Å². The number of aryl methyl sites for hydroxylation is 2. The zero-order valence-corrected chi connectivity index (χ0v) is 17.4. The molecule has 2 aromatic carbocycles. The summed E-state index contributed by atoms with van der Waals surface area (Å²) in [5.41, 5.74) is 6.98. The highest BCUT2D eigenvalue weighted by Gasteiger charge is 2.27. The third kappa shape index (κ3) is 4.83. The van der Waals surface area contributed by atoms with Gasteiger partial charge in [0.25, 0.3) is 11.8 Å². The topological polar surface area (TPSA) is 95.6 Å². The molecule has 0 aromatic heterocycles. The Hall–Kier alpha value is -2.71. The van der Waals surface area contributed by atoms with Crippen molar-refractivity contribution in [1.29, 1.82) is 0 Å². The third-order valence-corrected chi connectivity index (χ3v) is 6.90. The lowest BCUT2D eigenvalue weighted by Crippen LogP contribution is -2.42. The van der Waals surface area contributed by atoms with Crippen molar-refractivity contribution >= 4 is 21.8 Å². The highest BCUT2D eigenvalue weighted by molar-refractivity contribution is 7.89. The van der Waals surface area contributed by atoms with Gasteiger partial charge in [0.05, 0.1) is 4.90 Å². The van der Waals surface area contributed by atoms with Gasteiger partial charge >= 0.3 is 0 Å². The normalized spacial score (nSPS) is 15.0. The number of amides is 2. The largest absolute Gasteiger partial charge is 0.270 e. The van der Waals surface area contributed by atoms with Gasteiger partial charge in [-0.25, -0.2) is 8.42 Å². The van der Waals surface area contributed by atoms with Crippen LogP contribution >= 0.6 is 0 Å². The molecule has 1 aliphatic heterocycles. The average Bonchev–Trinajstić information content (AvgIpc) is 2.73. The van der Waals surface area contributed by atoms with E-state index in [0.717, 1.165) is 24.8 Å². The minimum absolute atomic E-state index is 0.0833. The third-order valence-electron chi connectivity index (χ3n) is 5.01. The Balaban J connectivity index is 1.74. The number of rotatable bonds is 4. The van der Waals surface area contributed by atoms with Crippen molar-refractivity contribution in [1.82, 2.24) is 15.2 Å². The van der Waals surface area contributed by atoms with Gasteiger partial charge < -0.3 is 0 Å². The molecule has 1 aliphatic rings. The van der Waals surface area contributed by atoms with Crippen molar-refractivity contribution in [3.63, 3.8) is 0 Å². The SMILES string of the molecule is Cc1ccc(C(=O)NNC(=O)c2cc(S(=O)(=O)N3CCCCC3)ccc2C)cc1. The number of piperidine rings is 1. The van der Waals surface area contributed by atoms with Crippen molar-refractivity contribution in [2.24, 2.45) is 0 Å². The van der Waals surface area contributed by atoms with Crippen molar-refractivity contribution in [3.8, 4) is 0 Å². The number of hydrazine groups is 1. The van der Waals surface area contributed by atoms with E-state index in [4.69, 9.17) is 0 Å². The molecule has 29 heavy (non-hydrogen) atoms. The van der Waals surface area contributed by atoms with Crippen molar-refractivity contribution in [2.45, 2.75) is 38.0 Å². The summed E-state index contributed by atoms with van der Waals surface area (Å²) in [7, 11) is -3.65. The molecule has 1 heterocycles. The molecule has 1 saturated heterocycles. The Morgan fingerprint density at radius 3 is 2.14 bits per heavy atom. The summed E-state index contributed by atoms with van der Waals surface area (Å²) in [5, 5.41) is 0. The van der Waals surface area contributed by atoms with Gasteiger partial charge in [-0.15, -0.1) is 0 Å². The van der Waals surface area contributed by atoms with Crippen molar-refractivity contribution < 1.29 is 18.0 Å². The van der Waals surface area contributed by atoms with Gasteiger partial charge in [0.15, 0.2) is 0 Å². The van der Waals surface area contributed by atoms with Gasteiger partial charge in [-0.3, -0.25) is 20.4 Å². The van der Waals surface area contributed by atoms with E-state index in [-0.39, 0.29) is 10.5 Å². The van der Waals surface area contributed by atoms with Gasteiger partial charge in [-0.05, 0) is 56.5 Å². The minimum atomic E-state index is -3.65. The second-order valence-electron chi connectivity index (χ2n) is 7.22. The molecule has 2 aromatic rings. The van der Waals surface area contributed by atoms with Crippen LogP contribution in [0.3, 0.4) is 0 Å². The van der Waals surface area contributed by atoms with E-state index in [1.54, 1.807) is 37.3 Å². The van der Waals surface area contributed by atoms with E-state index in [1.807, 2.05) is 6.92 Å². The molecule has 2 amide bonds. The van der Waals surface area contributed by atoms with Crippen LogP contribution in [0.2, 0.25) is 0 Å². The number of nitrogens with one attached hydrogen (secondary N) is 2. The number of nitrogens with zero attached hydrogens (tertiary/aromatic N) is 1. The molecule has 0 radical (unpaired) electrons. The summed E-state index contributed by atoms with van der Waals surface area (Å²) in [5.74, 6) is -1.02. The number of sulfonamides is 1. The Morgan fingerprint density at radius 2 is 1.48 bits per heavy atom. The second-order valence-corrected chi connectivity index (χ2v) is 9.15. The molecule has 0 bridgehead atoms. The average molecular weight is 416 g/mol.